The van der Waals surface area contributed by atoms with Crippen molar-refractivity contribution in [2.75, 3.05) is 0 Å². The number of hydrogen-bond acceptors (Lipinski definition) is 3. The highest BCUT2D eigenvalue weighted by atomic mass is 16.5. The van der Waals surface area contributed by atoms with E-state index in [1.54, 1.807) is 4.58 Å². The Morgan fingerprint density at radius 2 is 2.05 bits per heavy atom. The minimum Gasteiger partial charge on any atom is -0.461 e. The summed E-state index contributed by atoms with van der Waals surface area (Å²) in [7, 11) is 0. The third-order valence-electron chi connectivity index (χ3n) is 3.49. The van der Waals surface area contributed by atoms with Crippen LogP contribution in [0.15, 0.2) is 30.8 Å². The molecule has 1 rings (SSSR count). The Labute approximate surface area is 132 Å². The number of ether oxygens (including phenoxy) is 1. The highest BCUT2D eigenvalue weighted by Gasteiger charge is 2.21. The van der Waals surface area contributed by atoms with Gasteiger partial charge in [0.15, 0.2) is 0 Å². The highest BCUT2D eigenvalue weighted by molar-refractivity contribution is 5.78. The van der Waals surface area contributed by atoms with Gasteiger partial charge in [0.2, 0.25) is 0 Å². The monoisotopic (exact) mass is 301 g/mol. The van der Waals surface area contributed by atoms with Crippen LogP contribution in [0.1, 0.15) is 45.6 Å². The first kappa shape index (κ1) is 17.9. The zero-order valence-corrected chi connectivity index (χ0v) is 13.7. The van der Waals surface area contributed by atoms with Gasteiger partial charge in [-0.2, -0.15) is 4.58 Å². The van der Waals surface area contributed by atoms with Crippen LogP contribution >= 0.6 is 0 Å². The van der Waals surface area contributed by atoms with Crippen LogP contribution in [0.25, 0.3) is 0 Å². The Balaban J connectivity index is 2.81. The Kier molecular flexibility index (Phi) is 7.27. The molecule has 0 aliphatic heterocycles. The average molecular weight is 301 g/mol. The zero-order chi connectivity index (χ0) is 16.5. The topological polar surface area (TPSA) is 53.2 Å². The van der Waals surface area contributed by atoms with Gasteiger partial charge < -0.3 is 4.74 Å². The Bertz CT molecular complexity index is 569. The summed E-state index contributed by atoms with van der Waals surface area (Å²) in [5, 5.41) is 8.31. The zero-order valence-electron chi connectivity index (χ0n) is 13.7. The molecule has 0 aromatic heterocycles. The van der Waals surface area contributed by atoms with E-state index in [9.17, 15) is 4.79 Å². The first-order valence-corrected chi connectivity index (χ1v) is 7.63. The van der Waals surface area contributed by atoms with Crippen molar-refractivity contribution in [2.24, 2.45) is 5.92 Å². The van der Waals surface area contributed by atoms with Crippen LogP contribution in [0.5, 0.6) is 0 Å². The summed E-state index contributed by atoms with van der Waals surface area (Å²) in [6.45, 7) is 9.55. The second kappa shape index (κ2) is 8.96. The van der Waals surface area contributed by atoms with Crippen molar-refractivity contribution in [1.82, 2.24) is 0 Å². The van der Waals surface area contributed by atoms with Crippen molar-refractivity contribution in [2.45, 2.75) is 46.6 Å². The molecule has 0 spiro atoms. The molecule has 0 fully saturated rings. The van der Waals surface area contributed by atoms with Gasteiger partial charge in [-0.3, -0.25) is 4.79 Å². The number of esters is 1. The van der Waals surface area contributed by atoms with E-state index >= 15 is 0 Å². The molecule has 0 amide bonds. The fraction of sp³-hybridized carbons (Fsp3) is 0.444. The summed E-state index contributed by atoms with van der Waals surface area (Å²) >= 11 is 0. The van der Waals surface area contributed by atoms with Crippen LogP contribution in [-0.4, -0.2) is 22.3 Å². The number of amidine groups is 1. The molecule has 118 valence electrons. The molecule has 0 saturated heterocycles. The summed E-state index contributed by atoms with van der Waals surface area (Å²) in [5.74, 6) is 3.18. The van der Waals surface area contributed by atoms with E-state index in [2.05, 4.69) is 26.3 Å². The van der Waals surface area contributed by atoms with Gasteiger partial charge in [0, 0.05) is 6.92 Å². The van der Waals surface area contributed by atoms with Crippen molar-refractivity contribution < 1.29 is 14.1 Å². The maximum atomic E-state index is 10.8. The van der Waals surface area contributed by atoms with Gasteiger partial charge >= 0.3 is 11.8 Å². The van der Waals surface area contributed by atoms with Gasteiger partial charge in [0.1, 0.15) is 12.3 Å². The standard InChI is InChI=1S/C18H25N2O2/c1-5-7-8-14(3)18(19)20(6-2)17-11-9-16(10-12-17)13-22-15(4)21/h9-12,14,19H,2,5,7-8,13H2,1,3-4H3/q+1/t14-/m0/s1. The van der Waals surface area contributed by atoms with Gasteiger partial charge in [0.05, 0.1) is 11.8 Å². The number of benzene rings is 1. The smallest absolute Gasteiger partial charge is 0.305 e. The van der Waals surface area contributed by atoms with Crippen molar-refractivity contribution in [1.29, 1.82) is 5.41 Å². The van der Waals surface area contributed by atoms with Gasteiger partial charge in [-0.25, -0.2) is 0 Å². The molecule has 0 saturated carbocycles. The molecule has 1 aromatic carbocycles. The van der Waals surface area contributed by atoms with Crippen molar-refractivity contribution >= 4 is 23.4 Å². The molecule has 0 unspecified atom stereocenters. The van der Waals surface area contributed by atoms with E-state index in [-0.39, 0.29) is 18.5 Å². The lowest BCUT2D eigenvalue weighted by Crippen LogP contribution is -2.22. The summed E-state index contributed by atoms with van der Waals surface area (Å²) in [6.07, 6.45) is 3.22. The van der Waals surface area contributed by atoms with Gasteiger partial charge in [-0.1, -0.05) is 38.8 Å². The first-order valence-electron chi connectivity index (χ1n) is 7.63. The highest BCUT2D eigenvalue weighted by Crippen LogP contribution is 2.18. The molecule has 4 nitrogen and oxygen atoms in total. The number of rotatable bonds is 7. The van der Waals surface area contributed by atoms with Crippen LogP contribution in [0, 0.1) is 11.3 Å². The largest absolute Gasteiger partial charge is 0.461 e. The van der Waals surface area contributed by atoms with Crippen molar-refractivity contribution in [3.05, 3.63) is 36.4 Å². The van der Waals surface area contributed by atoms with Gasteiger partial charge in [0.25, 0.3) is 0 Å². The molecule has 1 aromatic rings. The second-order valence-electron chi connectivity index (χ2n) is 5.37. The minimum absolute atomic E-state index is 0.162. The molecule has 22 heavy (non-hydrogen) atoms. The summed E-state index contributed by atoms with van der Waals surface area (Å²) in [6, 6.07) is 7.54. The van der Waals surface area contributed by atoms with Crippen molar-refractivity contribution in [3.8, 4) is 0 Å². The summed E-state index contributed by atoms with van der Waals surface area (Å²) in [5.41, 5.74) is 1.75. The number of carbonyl (C=O) groups excluding carboxylic acids is 1. The fourth-order valence-corrected chi connectivity index (χ4v) is 2.11. The van der Waals surface area contributed by atoms with Crippen LogP contribution < -0.4 is 0 Å². The molecular weight excluding hydrogens is 276 g/mol. The SMILES string of the molecule is C=C=[N+](C(=N)[C@@H](C)CCCC)c1ccc(COC(C)=O)cc1. The normalized spacial score (nSPS) is 11.4. The Morgan fingerprint density at radius 3 is 2.55 bits per heavy atom. The van der Waals surface area contributed by atoms with Crippen LogP contribution in [0.2, 0.25) is 0 Å². The molecule has 1 N–H and O–H groups in total. The number of nitrogens with one attached hydrogen (secondary N) is 1. The quantitative estimate of drug-likeness (QED) is 0.357. The number of unbranched alkanes of at least 4 members (excludes halogenated alkanes) is 1. The van der Waals surface area contributed by atoms with Crippen molar-refractivity contribution in [3.63, 3.8) is 0 Å². The molecule has 4 heteroatoms. The molecule has 0 radical (unpaired) electrons. The lowest BCUT2D eigenvalue weighted by molar-refractivity contribution is -0.306. The van der Waals surface area contributed by atoms with E-state index < -0.39 is 0 Å². The Morgan fingerprint density at radius 1 is 1.41 bits per heavy atom. The number of carbonyl (C=O) groups is 1. The van der Waals surface area contributed by atoms with E-state index in [1.807, 2.05) is 24.3 Å². The molecule has 0 bridgehead atoms. The van der Waals surface area contributed by atoms with Crippen LogP contribution in [0.3, 0.4) is 0 Å². The molecular formula is C18H25N2O2+. The maximum Gasteiger partial charge on any atom is 0.305 e. The minimum atomic E-state index is -0.295. The van der Waals surface area contributed by atoms with E-state index in [1.165, 1.54) is 6.92 Å². The lowest BCUT2D eigenvalue weighted by Gasteiger charge is -2.10. The number of hydrogen-bond donors (Lipinski definition) is 1. The first-order chi connectivity index (χ1) is 10.5. The fourth-order valence-electron chi connectivity index (χ4n) is 2.11. The summed E-state index contributed by atoms with van der Waals surface area (Å²) in [4.78, 5) is 10.8. The van der Waals surface area contributed by atoms with E-state index in [4.69, 9.17) is 10.1 Å². The third kappa shape index (κ3) is 5.30. The molecule has 0 aliphatic rings. The second-order valence-corrected chi connectivity index (χ2v) is 5.37. The van der Waals surface area contributed by atoms with E-state index in [0.717, 1.165) is 30.5 Å². The Hall–Kier alpha value is -2.19. The maximum absolute atomic E-state index is 10.8. The molecule has 1 atom stereocenters. The van der Waals surface area contributed by atoms with Gasteiger partial charge in [-0.05, 0) is 30.7 Å². The van der Waals surface area contributed by atoms with Crippen LogP contribution in [-0.2, 0) is 16.1 Å². The lowest BCUT2D eigenvalue weighted by atomic mass is 10.0. The van der Waals surface area contributed by atoms with Crippen LogP contribution in [0.4, 0.5) is 5.69 Å². The number of nitrogens with zero attached hydrogens (tertiary/aromatic N) is 1. The van der Waals surface area contributed by atoms with E-state index in [0.29, 0.717) is 5.84 Å². The predicted molar refractivity (Wildman–Crippen MR) is 88.9 cm³/mol. The summed E-state index contributed by atoms with van der Waals surface area (Å²) < 4.78 is 6.64. The predicted octanol–water partition coefficient (Wildman–Crippen LogP) is 4.05. The molecule has 0 aliphatic carbocycles. The van der Waals surface area contributed by atoms with Gasteiger partial charge in [-0.15, -0.1) is 5.41 Å². The third-order valence-corrected chi connectivity index (χ3v) is 3.49. The average Bonchev–Trinajstić information content (AvgIpc) is 2.52. The molecule has 0 heterocycles.